The van der Waals surface area contributed by atoms with Crippen LogP contribution in [0.5, 0.6) is 0 Å². The Bertz CT molecular complexity index is 935. The van der Waals surface area contributed by atoms with Crippen molar-refractivity contribution in [3.05, 3.63) is 46.7 Å². The van der Waals surface area contributed by atoms with Gasteiger partial charge in [0.25, 0.3) is 0 Å². The van der Waals surface area contributed by atoms with Crippen molar-refractivity contribution in [2.45, 2.75) is 13.3 Å². The third-order valence-electron chi connectivity index (χ3n) is 3.96. The monoisotopic (exact) mass is 338 g/mol. The lowest BCUT2D eigenvalue weighted by molar-refractivity contribution is 0.0687. The standard InChI is InChI=1S/C17H14N4O2S/c1-3-13-12(8-18)14(15(17(22)23)21(13)2)10-4-6-11(7-5-10)16-19-9-24-20-16/h4-7,9H,3H2,1-2H3,(H,22,23). The van der Waals surface area contributed by atoms with E-state index in [1.807, 2.05) is 19.1 Å². The van der Waals surface area contributed by atoms with Crippen LogP contribution >= 0.6 is 11.5 Å². The zero-order valence-corrected chi connectivity index (χ0v) is 14.0. The zero-order valence-electron chi connectivity index (χ0n) is 13.1. The molecule has 0 spiro atoms. The Labute approximate surface area is 142 Å². The number of nitrogens with zero attached hydrogens (tertiary/aromatic N) is 4. The molecule has 0 aliphatic heterocycles. The molecule has 0 aliphatic rings. The molecular formula is C17H14N4O2S. The molecule has 2 heterocycles. The number of carboxylic acid groups (broad SMARTS) is 1. The highest BCUT2D eigenvalue weighted by Gasteiger charge is 2.25. The molecule has 2 aromatic heterocycles. The number of benzene rings is 1. The van der Waals surface area contributed by atoms with Crippen LogP contribution in [0.1, 0.15) is 28.7 Å². The van der Waals surface area contributed by atoms with Crippen LogP contribution in [0.2, 0.25) is 0 Å². The van der Waals surface area contributed by atoms with Gasteiger partial charge in [-0.3, -0.25) is 0 Å². The van der Waals surface area contributed by atoms with Crippen molar-refractivity contribution in [2.24, 2.45) is 7.05 Å². The number of carboxylic acids is 1. The fraction of sp³-hybridized carbons (Fsp3) is 0.176. The largest absolute Gasteiger partial charge is 0.477 e. The average Bonchev–Trinajstić information content (AvgIpc) is 3.20. The van der Waals surface area contributed by atoms with Gasteiger partial charge in [-0.25, -0.2) is 9.78 Å². The molecular weight excluding hydrogens is 324 g/mol. The van der Waals surface area contributed by atoms with Crippen LogP contribution in [0.3, 0.4) is 0 Å². The minimum atomic E-state index is -1.05. The van der Waals surface area contributed by atoms with Crippen LogP contribution in [-0.2, 0) is 13.5 Å². The fourth-order valence-corrected chi connectivity index (χ4v) is 3.33. The molecule has 7 heteroatoms. The fourth-order valence-electron chi connectivity index (χ4n) is 2.88. The summed E-state index contributed by atoms with van der Waals surface area (Å²) in [6, 6.07) is 9.44. The molecule has 0 atom stereocenters. The van der Waals surface area contributed by atoms with Gasteiger partial charge in [0.05, 0.1) is 5.56 Å². The molecule has 0 aliphatic carbocycles. The maximum atomic E-state index is 11.7. The molecule has 24 heavy (non-hydrogen) atoms. The molecule has 3 aromatic rings. The summed E-state index contributed by atoms with van der Waals surface area (Å²) in [6.07, 6.45) is 0.584. The van der Waals surface area contributed by atoms with Gasteiger partial charge in [-0.15, -0.1) is 0 Å². The third kappa shape index (κ3) is 2.47. The molecule has 0 radical (unpaired) electrons. The van der Waals surface area contributed by atoms with Gasteiger partial charge in [0, 0.05) is 23.9 Å². The van der Waals surface area contributed by atoms with Crippen LogP contribution in [0.4, 0.5) is 0 Å². The van der Waals surface area contributed by atoms with E-state index in [1.54, 1.807) is 29.3 Å². The number of hydrogen-bond donors (Lipinski definition) is 1. The number of hydrogen-bond acceptors (Lipinski definition) is 5. The Balaban J connectivity index is 2.19. The maximum absolute atomic E-state index is 11.7. The van der Waals surface area contributed by atoms with E-state index in [2.05, 4.69) is 15.4 Å². The third-order valence-corrected chi connectivity index (χ3v) is 4.44. The Morgan fingerprint density at radius 2 is 2.00 bits per heavy atom. The molecule has 0 unspecified atom stereocenters. The lowest BCUT2D eigenvalue weighted by Crippen LogP contribution is -2.07. The van der Waals surface area contributed by atoms with Crippen molar-refractivity contribution in [3.63, 3.8) is 0 Å². The summed E-state index contributed by atoms with van der Waals surface area (Å²) in [5.74, 6) is -0.415. The molecule has 3 rings (SSSR count). The molecule has 6 nitrogen and oxygen atoms in total. The molecule has 1 N–H and O–H groups in total. The SMILES string of the molecule is CCc1c(C#N)c(-c2ccc(-c3ncsn3)cc2)c(C(=O)O)n1C. The average molecular weight is 338 g/mol. The van der Waals surface area contributed by atoms with Crippen molar-refractivity contribution < 1.29 is 9.90 Å². The molecule has 0 saturated carbocycles. The summed E-state index contributed by atoms with van der Waals surface area (Å²) in [4.78, 5) is 15.9. The highest BCUT2D eigenvalue weighted by Crippen LogP contribution is 2.33. The Kier molecular flexibility index (Phi) is 4.15. The molecule has 0 fully saturated rings. The van der Waals surface area contributed by atoms with Gasteiger partial charge >= 0.3 is 5.97 Å². The van der Waals surface area contributed by atoms with Crippen molar-refractivity contribution in [3.8, 4) is 28.6 Å². The van der Waals surface area contributed by atoms with Crippen molar-refractivity contribution in [1.29, 1.82) is 5.26 Å². The second-order valence-corrected chi connectivity index (χ2v) is 5.81. The zero-order chi connectivity index (χ0) is 17.3. The second-order valence-electron chi connectivity index (χ2n) is 5.21. The van der Waals surface area contributed by atoms with Gasteiger partial charge in [0.15, 0.2) is 5.82 Å². The smallest absolute Gasteiger partial charge is 0.353 e. The van der Waals surface area contributed by atoms with Gasteiger partial charge in [-0.1, -0.05) is 31.2 Å². The van der Waals surface area contributed by atoms with Gasteiger partial charge in [-0.2, -0.15) is 9.64 Å². The number of rotatable bonds is 4. The number of carbonyl (C=O) groups is 1. The summed E-state index contributed by atoms with van der Waals surface area (Å²) in [7, 11) is 1.68. The minimum absolute atomic E-state index is 0.128. The molecule has 0 saturated heterocycles. The van der Waals surface area contributed by atoms with Crippen LogP contribution < -0.4 is 0 Å². The van der Waals surface area contributed by atoms with Crippen LogP contribution in [-0.4, -0.2) is 25.0 Å². The van der Waals surface area contributed by atoms with E-state index in [0.29, 0.717) is 28.9 Å². The lowest BCUT2D eigenvalue weighted by Gasteiger charge is -2.05. The van der Waals surface area contributed by atoms with E-state index in [0.717, 1.165) is 11.3 Å². The van der Waals surface area contributed by atoms with Crippen molar-refractivity contribution >= 4 is 17.5 Å². The van der Waals surface area contributed by atoms with Crippen molar-refractivity contribution in [2.75, 3.05) is 0 Å². The van der Waals surface area contributed by atoms with E-state index < -0.39 is 5.97 Å². The van der Waals surface area contributed by atoms with E-state index in [-0.39, 0.29) is 5.69 Å². The number of nitriles is 1. The van der Waals surface area contributed by atoms with Gasteiger partial charge in [-0.05, 0) is 23.5 Å². The number of aromatic carboxylic acids is 1. The molecule has 0 bridgehead atoms. The second kappa shape index (κ2) is 6.26. The lowest BCUT2D eigenvalue weighted by atomic mass is 9.99. The normalized spacial score (nSPS) is 10.5. The molecule has 0 amide bonds. The summed E-state index contributed by atoms with van der Waals surface area (Å²) in [5.41, 5.74) is 4.92. The first-order valence-electron chi connectivity index (χ1n) is 7.30. The summed E-state index contributed by atoms with van der Waals surface area (Å²) < 4.78 is 5.77. The molecule has 1 aromatic carbocycles. The highest BCUT2D eigenvalue weighted by molar-refractivity contribution is 7.03. The summed E-state index contributed by atoms with van der Waals surface area (Å²) >= 11 is 1.27. The maximum Gasteiger partial charge on any atom is 0.353 e. The predicted molar refractivity (Wildman–Crippen MR) is 90.8 cm³/mol. The van der Waals surface area contributed by atoms with Gasteiger partial charge in [0.2, 0.25) is 0 Å². The van der Waals surface area contributed by atoms with Gasteiger partial charge < -0.3 is 9.67 Å². The van der Waals surface area contributed by atoms with E-state index in [9.17, 15) is 15.2 Å². The van der Waals surface area contributed by atoms with Crippen LogP contribution in [0.25, 0.3) is 22.5 Å². The van der Waals surface area contributed by atoms with Gasteiger partial charge in [0.1, 0.15) is 17.3 Å². The minimum Gasteiger partial charge on any atom is -0.477 e. The highest BCUT2D eigenvalue weighted by atomic mass is 32.1. The Morgan fingerprint density at radius 1 is 1.33 bits per heavy atom. The van der Waals surface area contributed by atoms with E-state index in [1.165, 1.54) is 11.5 Å². The number of aromatic nitrogens is 3. The first kappa shape index (κ1) is 15.9. The predicted octanol–water partition coefficient (Wildman–Crippen LogP) is 3.34. The first-order valence-corrected chi connectivity index (χ1v) is 8.14. The van der Waals surface area contributed by atoms with Crippen LogP contribution in [0.15, 0.2) is 29.8 Å². The topological polar surface area (TPSA) is 91.8 Å². The summed E-state index contributed by atoms with van der Waals surface area (Å²) in [5, 5.41) is 19.1. The Hall–Kier alpha value is -2.98. The quantitative estimate of drug-likeness (QED) is 0.787. The van der Waals surface area contributed by atoms with E-state index >= 15 is 0 Å². The van der Waals surface area contributed by atoms with E-state index in [4.69, 9.17) is 0 Å². The van der Waals surface area contributed by atoms with Crippen molar-refractivity contribution in [1.82, 2.24) is 13.9 Å². The Morgan fingerprint density at radius 3 is 2.50 bits per heavy atom. The summed E-state index contributed by atoms with van der Waals surface area (Å²) in [6.45, 7) is 1.91. The molecule has 120 valence electrons. The first-order chi connectivity index (χ1) is 11.6. The van der Waals surface area contributed by atoms with Crippen LogP contribution in [0, 0.1) is 11.3 Å².